The van der Waals surface area contributed by atoms with Crippen molar-refractivity contribution in [3.63, 3.8) is 0 Å². The first-order chi connectivity index (χ1) is 12.6. The van der Waals surface area contributed by atoms with Crippen molar-refractivity contribution in [2.45, 2.75) is 6.17 Å². The summed E-state index contributed by atoms with van der Waals surface area (Å²) in [5.41, 5.74) is -4.13. The first-order valence-electron chi connectivity index (χ1n) is 6.98. The second kappa shape index (κ2) is 6.43. The van der Waals surface area contributed by atoms with Crippen LogP contribution in [-0.2, 0) is 0 Å². The average Bonchev–Trinajstić information content (AvgIpc) is 3.11. The van der Waals surface area contributed by atoms with E-state index in [1.165, 1.54) is 0 Å². The standard InChI is InChI=1S/C17H4F10/c18-8-6(9(19)13(23)16(26)12(8)22)4-1-2-5(3-4)7-10(20)14(24)17(27)15(25)11(7)21/h1-3,8H/b6-4+. The van der Waals surface area contributed by atoms with Gasteiger partial charge in [-0.3, -0.25) is 0 Å². The van der Waals surface area contributed by atoms with Crippen molar-refractivity contribution in [2.24, 2.45) is 0 Å². The molecule has 0 bridgehead atoms. The van der Waals surface area contributed by atoms with Crippen LogP contribution in [0.1, 0.15) is 5.56 Å². The smallest absolute Gasteiger partial charge is 0.200 e. The lowest BCUT2D eigenvalue weighted by atomic mass is 9.96. The number of alkyl halides is 1. The van der Waals surface area contributed by atoms with E-state index in [0.717, 1.165) is 6.08 Å². The minimum Gasteiger partial charge on any atom is -0.234 e. The fraction of sp³-hybridized carbons (Fsp3) is 0.0588. The van der Waals surface area contributed by atoms with Gasteiger partial charge in [-0.1, -0.05) is 12.2 Å². The molecule has 0 saturated heterocycles. The van der Waals surface area contributed by atoms with Crippen LogP contribution in [0, 0.1) is 29.1 Å². The van der Waals surface area contributed by atoms with Gasteiger partial charge in [-0.2, -0.15) is 0 Å². The molecule has 1 aromatic carbocycles. The summed E-state index contributed by atoms with van der Waals surface area (Å²) in [5.74, 6) is -20.4. The summed E-state index contributed by atoms with van der Waals surface area (Å²) in [7, 11) is 0. The third-order valence-corrected chi connectivity index (χ3v) is 3.87. The Morgan fingerprint density at radius 3 is 1.67 bits per heavy atom. The highest BCUT2D eigenvalue weighted by atomic mass is 19.2. The molecule has 0 spiro atoms. The number of rotatable bonds is 1. The van der Waals surface area contributed by atoms with E-state index < -0.39 is 80.8 Å². The van der Waals surface area contributed by atoms with Gasteiger partial charge in [-0.25, -0.2) is 43.9 Å². The zero-order valence-electron chi connectivity index (χ0n) is 12.6. The summed E-state index contributed by atoms with van der Waals surface area (Å²) < 4.78 is 135. The Kier molecular flexibility index (Phi) is 4.52. The maximum atomic E-state index is 13.9. The normalized spacial score (nSPS) is 22.9. The number of halogens is 10. The molecule has 0 aromatic heterocycles. The van der Waals surface area contributed by atoms with Crippen LogP contribution in [0.25, 0.3) is 5.57 Å². The number of hydrogen-bond donors (Lipinski definition) is 0. The molecule has 1 unspecified atom stereocenters. The summed E-state index contributed by atoms with van der Waals surface area (Å²) in [4.78, 5) is 0. The van der Waals surface area contributed by atoms with Gasteiger partial charge in [0.1, 0.15) is 0 Å². The quantitative estimate of drug-likeness (QED) is 0.297. The van der Waals surface area contributed by atoms with Gasteiger partial charge in [0.2, 0.25) is 5.82 Å². The molecule has 1 aromatic rings. The van der Waals surface area contributed by atoms with Gasteiger partial charge >= 0.3 is 0 Å². The molecule has 27 heavy (non-hydrogen) atoms. The summed E-state index contributed by atoms with van der Waals surface area (Å²) in [6, 6.07) is 0. The topological polar surface area (TPSA) is 0 Å². The lowest BCUT2D eigenvalue weighted by Gasteiger charge is -2.17. The van der Waals surface area contributed by atoms with Crippen molar-refractivity contribution >= 4 is 5.57 Å². The van der Waals surface area contributed by atoms with Crippen molar-refractivity contribution < 1.29 is 43.9 Å². The van der Waals surface area contributed by atoms with Gasteiger partial charge in [0.25, 0.3) is 0 Å². The zero-order chi connectivity index (χ0) is 20.2. The predicted octanol–water partition coefficient (Wildman–Crippen LogP) is 6.28. The fourth-order valence-electron chi connectivity index (χ4n) is 2.57. The zero-order valence-corrected chi connectivity index (χ0v) is 12.6. The van der Waals surface area contributed by atoms with E-state index in [0.29, 0.717) is 12.2 Å². The van der Waals surface area contributed by atoms with Gasteiger partial charge < -0.3 is 0 Å². The first-order valence-corrected chi connectivity index (χ1v) is 6.98. The third-order valence-electron chi connectivity index (χ3n) is 3.87. The Balaban J connectivity index is 2.21. The molecule has 2 aliphatic carbocycles. The number of allylic oxidation sites excluding steroid dienone is 10. The molecule has 0 amide bonds. The Bertz CT molecular complexity index is 994. The van der Waals surface area contributed by atoms with Crippen molar-refractivity contribution in [1.82, 2.24) is 0 Å². The highest BCUT2D eigenvalue weighted by Gasteiger charge is 2.38. The molecule has 0 fully saturated rings. The Labute approximate surface area is 144 Å². The van der Waals surface area contributed by atoms with Crippen LogP contribution in [-0.4, -0.2) is 6.17 Å². The van der Waals surface area contributed by atoms with Gasteiger partial charge in [0, 0.05) is 5.57 Å². The lowest BCUT2D eigenvalue weighted by molar-refractivity contribution is 0.321. The second-order valence-corrected chi connectivity index (χ2v) is 5.40. The molecule has 2 aliphatic rings. The largest absolute Gasteiger partial charge is 0.234 e. The van der Waals surface area contributed by atoms with E-state index in [1.54, 1.807) is 0 Å². The molecule has 0 radical (unpaired) electrons. The van der Waals surface area contributed by atoms with Crippen LogP contribution < -0.4 is 0 Å². The van der Waals surface area contributed by atoms with Crippen molar-refractivity contribution in [3.05, 3.63) is 87.3 Å². The molecule has 0 nitrogen and oxygen atoms in total. The van der Waals surface area contributed by atoms with E-state index >= 15 is 0 Å². The number of hydrogen-bond acceptors (Lipinski definition) is 0. The van der Waals surface area contributed by atoms with Gasteiger partial charge in [-0.15, -0.1) is 0 Å². The molecular formula is C17H4F10. The monoisotopic (exact) mass is 398 g/mol. The molecular weight excluding hydrogens is 394 g/mol. The summed E-state index contributed by atoms with van der Waals surface area (Å²) >= 11 is 0. The number of benzene rings is 1. The Morgan fingerprint density at radius 1 is 0.593 bits per heavy atom. The molecule has 0 N–H and O–H groups in total. The van der Waals surface area contributed by atoms with Gasteiger partial charge in [0.05, 0.1) is 5.56 Å². The van der Waals surface area contributed by atoms with Crippen LogP contribution in [0.5, 0.6) is 0 Å². The molecule has 0 heterocycles. The Morgan fingerprint density at radius 2 is 1.11 bits per heavy atom. The van der Waals surface area contributed by atoms with Crippen LogP contribution in [0.2, 0.25) is 0 Å². The molecule has 0 saturated carbocycles. The van der Waals surface area contributed by atoms with Crippen LogP contribution in [0.4, 0.5) is 43.9 Å². The maximum Gasteiger partial charge on any atom is 0.200 e. The fourth-order valence-corrected chi connectivity index (χ4v) is 2.57. The molecule has 142 valence electrons. The van der Waals surface area contributed by atoms with Crippen LogP contribution in [0.15, 0.2) is 52.7 Å². The highest BCUT2D eigenvalue weighted by molar-refractivity contribution is 5.83. The van der Waals surface area contributed by atoms with Crippen molar-refractivity contribution in [1.29, 1.82) is 0 Å². The van der Waals surface area contributed by atoms with Gasteiger partial charge in [0.15, 0.2) is 52.7 Å². The third kappa shape index (κ3) is 2.70. The van der Waals surface area contributed by atoms with Crippen LogP contribution in [0.3, 0.4) is 0 Å². The maximum absolute atomic E-state index is 13.9. The highest BCUT2D eigenvalue weighted by Crippen LogP contribution is 2.43. The van der Waals surface area contributed by atoms with E-state index in [2.05, 4.69) is 0 Å². The summed E-state index contributed by atoms with van der Waals surface area (Å²) in [5, 5.41) is 0. The summed E-state index contributed by atoms with van der Waals surface area (Å²) in [6.45, 7) is 0. The molecule has 3 rings (SSSR count). The molecule has 10 heteroatoms. The van der Waals surface area contributed by atoms with Crippen molar-refractivity contribution in [3.8, 4) is 0 Å². The SMILES string of the molecule is FC1=C(F)/C(=C2\C=CC(c3c(F)c(F)c(F)c(F)c3F)=C2)C(F)C(F)=C1F. The van der Waals surface area contributed by atoms with E-state index in [-0.39, 0.29) is 0 Å². The average molecular weight is 398 g/mol. The van der Waals surface area contributed by atoms with E-state index in [1.807, 2.05) is 0 Å². The molecule has 0 aliphatic heterocycles. The molecule has 1 atom stereocenters. The van der Waals surface area contributed by atoms with E-state index in [9.17, 15) is 43.9 Å². The van der Waals surface area contributed by atoms with Gasteiger partial charge in [-0.05, 0) is 17.2 Å². The summed E-state index contributed by atoms with van der Waals surface area (Å²) in [6.07, 6.45) is -1.09. The van der Waals surface area contributed by atoms with Crippen molar-refractivity contribution in [2.75, 3.05) is 0 Å². The first kappa shape index (κ1) is 19.0. The Hall–Kier alpha value is -2.78. The predicted molar refractivity (Wildman–Crippen MR) is 73.8 cm³/mol. The second-order valence-electron chi connectivity index (χ2n) is 5.40. The van der Waals surface area contributed by atoms with E-state index in [4.69, 9.17) is 0 Å². The minimum absolute atomic E-state index is 0.545. The van der Waals surface area contributed by atoms with Crippen LogP contribution >= 0.6 is 0 Å². The minimum atomic E-state index is -3.07. The lowest BCUT2D eigenvalue weighted by Crippen LogP contribution is -2.15.